The second-order valence-corrected chi connectivity index (χ2v) is 3.95. The van der Waals surface area contributed by atoms with Gasteiger partial charge in [0, 0.05) is 6.21 Å². The van der Waals surface area contributed by atoms with Gasteiger partial charge in [0.25, 0.3) is 0 Å². The van der Waals surface area contributed by atoms with Crippen LogP contribution in [0, 0.1) is 0 Å². The second kappa shape index (κ2) is 7.21. The molecule has 0 atom stereocenters. The summed E-state index contributed by atoms with van der Waals surface area (Å²) in [5.74, 6) is 1.49. The Morgan fingerprint density at radius 2 is 1.63 bits per heavy atom. The molecule has 0 aliphatic heterocycles. The highest BCUT2D eigenvalue weighted by Gasteiger charge is 2.00. The SMILES string of the molecule is COc1ccccc1OCCN=Cc1ccccc1. The smallest absolute Gasteiger partial charge is 0.161 e. The number of ether oxygens (including phenoxy) is 2. The summed E-state index contributed by atoms with van der Waals surface area (Å²) in [6, 6.07) is 17.6. The van der Waals surface area contributed by atoms with Crippen molar-refractivity contribution in [2.75, 3.05) is 20.3 Å². The zero-order valence-corrected chi connectivity index (χ0v) is 11.0. The third kappa shape index (κ3) is 4.14. The van der Waals surface area contributed by atoms with Gasteiger partial charge in [0.1, 0.15) is 6.61 Å². The highest BCUT2D eigenvalue weighted by Crippen LogP contribution is 2.25. The van der Waals surface area contributed by atoms with Crippen LogP contribution in [0.1, 0.15) is 5.56 Å². The summed E-state index contributed by atoms with van der Waals surface area (Å²) in [7, 11) is 1.63. The van der Waals surface area contributed by atoms with Gasteiger partial charge in [-0.05, 0) is 17.7 Å². The van der Waals surface area contributed by atoms with Crippen molar-refractivity contribution >= 4 is 6.21 Å². The van der Waals surface area contributed by atoms with Gasteiger partial charge >= 0.3 is 0 Å². The summed E-state index contributed by atoms with van der Waals surface area (Å²) in [5.41, 5.74) is 1.10. The predicted molar refractivity (Wildman–Crippen MR) is 77.4 cm³/mol. The number of para-hydroxylation sites is 2. The lowest BCUT2D eigenvalue weighted by molar-refractivity contribution is 0.303. The number of benzene rings is 2. The fraction of sp³-hybridized carbons (Fsp3) is 0.188. The molecular weight excluding hydrogens is 238 g/mol. The van der Waals surface area contributed by atoms with Crippen molar-refractivity contribution in [2.24, 2.45) is 4.99 Å². The van der Waals surface area contributed by atoms with Crippen LogP contribution in [0.4, 0.5) is 0 Å². The van der Waals surface area contributed by atoms with Gasteiger partial charge in [-0.25, -0.2) is 0 Å². The van der Waals surface area contributed by atoms with Gasteiger partial charge in [-0.15, -0.1) is 0 Å². The van der Waals surface area contributed by atoms with Crippen LogP contribution in [0.25, 0.3) is 0 Å². The van der Waals surface area contributed by atoms with Crippen molar-refractivity contribution in [3.8, 4) is 11.5 Å². The van der Waals surface area contributed by atoms with Crippen LogP contribution in [-0.2, 0) is 0 Å². The normalized spacial score (nSPS) is 10.6. The van der Waals surface area contributed by atoms with Gasteiger partial charge in [-0.1, -0.05) is 42.5 Å². The zero-order valence-electron chi connectivity index (χ0n) is 11.0. The highest BCUT2D eigenvalue weighted by atomic mass is 16.5. The molecule has 0 N–H and O–H groups in total. The molecule has 0 spiro atoms. The van der Waals surface area contributed by atoms with Crippen molar-refractivity contribution in [3.05, 3.63) is 60.2 Å². The van der Waals surface area contributed by atoms with Crippen LogP contribution in [0.2, 0.25) is 0 Å². The van der Waals surface area contributed by atoms with Crippen LogP contribution < -0.4 is 9.47 Å². The van der Waals surface area contributed by atoms with E-state index in [-0.39, 0.29) is 0 Å². The molecule has 0 unspecified atom stereocenters. The molecule has 0 saturated heterocycles. The third-order valence-electron chi connectivity index (χ3n) is 2.59. The number of rotatable bonds is 6. The third-order valence-corrected chi connectivity index (χ3v) is 2.59. The first-order valence-corrected chi connectivity index (χ1v) is 6.21. The maximum absolute atomic E-state index is 5.63. The van der Waals surface area contributed by atoms with Crippen molar-refractivity contribution in [2.45, 2.75) is 0 Å². The summed E-state index contributed by atoms with van der Waals surface area (Å²) in [6.45, 7) is 1.15. The van der Waals surface area contributed by atoms with Gasteiger partial charge in [-0.3, -0.25) is 4.99 Å². The van der Waals surface area contributed by atoms with E-state index in [1.165, 1.54) is 0 Å². The summed E-state index contributed by atoms with van der Waals surface area (Å²) in [5, 5.41) is 0. The fourth-order valence-corrected chi connectivity index (χ4v) is 1.66. The van der Waals surface area contributed by atoms with Crippen LogP contribution in [0.15, 0.2) is 59.6 Å². The Kier molecular flexibility index (Phi) is 4.99. The Balaban J connectivity index is 1.79. The number of hydrogen-bond acceptors (Lipinski definition) is 3. The van der Waals surface area contributed by atoms with E-state index >= 15 is 0 Å². The molecule has 0 amide bonds. The fourth-order valence-electron chi connectivity index (χ4n) is 1.66. The van der Waals surface area contributed by atoms with E-state index in [1.54, 1.807) is 7.11 Å². The molecule has 19 heavy (non-hydrogen) atoms. The number of methoxy groups -OCH3 is 1. The second-order valence-electron chi connectivity index (χ2n) is 3.95. The van der Waals surface area contributed by atoms with E-state index in [0.29, 0.717) is 13.2 Å². The van der Waals surface area contributed by atoms with Gasteiger partial charge in [0.15, 0.2) is 11.5 Å². The minimum Gasteiger partial charge on any atom is -0.493 e. The lowest BCUT2D eigenvalue weighted by Crippen LogP contribution is -2.02. The van der Waals surface area contributed by atoms with Gasteiger partial charge in [0.05, 0.1) is 13.7 Å². The van der Waals surface area contributed by atoms with Crippen molar-refractivity contribution in [1.29, 1.82) is 0 Å². The monoisotopic (exact) mass is 255 g/mol. The maximum Gasteiger partial charge on any atom is 0.161 e. The van der Waals surface area contributed by atoms with E-state index in [4.69, 9.17) is 9.47 Å². The van der Waals surface area contributed by atoms with Crippen LogP contribution in [-0.4, -0.2) is 26.5 Å². The van der Waals surface area contributed by atoms with Gasteiger partial charge in [0.2, 0.25) is 0 Å². The summed E-state index contributed by atoms with van der Waals surface area (Å²) in [4.78, 5) is 4.32. The molecule has 3 heteroatoms. The molecule has 3 nitrogen and oxygen atoms in total. The molecule has 98 valence electrons. The molecule has 0 aliphatic rings. The van der Waals surface area contributed by atoms with E-state index < -0.39 is 0 Å². The molecule has 0 bridgehead atoms. The Morgan fingerprint density at radius 3 is 2.37 bits per heavy atom. The van der Waals surface area contributed by atoms with Crippen molar-refractivity contribution < 1.29 is 9.47 Å². The van der Waals surface area contributed by atoms with Crippen LogP contribution in [0.3, 0.4) is 0 Å². The molecule has 2 aromatic rings. The topological polar surface area (TPSA) is 30.8 Å². The van der Waals surface area contributed by atoms with Crippen molar-refractivity contribution in [1.82, 2.24) is 0 Å². The molecule has 0 fully saturated rings. The first-order valence-electron chi connectivity index (χ1n) is 6.21. The molecular formula is C16H17NO2. The number of hydrogen-bond donors (Lipinski definition) is 0. The number of aliphatic imine (C=N–C) groups is 1. The van der Waals surface area contributed by atoms with E-state index in [0.717, 1.165) is 17.1 Å². The number of nitrogens with zero attached hydrogens (tertiary/aromatic N) is 1. The van der Waals surface area contributed by atoms with E-state index in [2.05, 4.69) is 4.99 Å². The average molecular weight is 255 g/mol. The van der Waals surface area contributed by atoms with Crippen molar-refractivity contribution in [3.63, 3.8) is 0 Å². The predicted octanol–water partition coefficient (Wildman–Crippen LogP) is 3.19. The largest absolute Gasteiger partial charge is 0.493 e. The Bertz CT molecular complexity index is 523. The van der Waals surface area contributed by atoms with E-state index in [1.807, 2.05) is 60.8 Å². The Labute approximate surface area is 113 Å². The zero-order chi connectivity index (χ0) is 13.3. The first-order chi connectivity index (χ1) is 9.40. The summed E-state index contributed by atoms with van der Waals surface area (Å²) in [6.07, 6.45) is 1.85. The van der Waals surface area contributed by atoms with Crippen LogP contribution in [0.5, 0.6) is 11.5 Å². The molecule has 2 aromatic carbocycles. The molecule has 0 radical (unpaired) electrons. The van der Waals surface area contributed by atoms with Crippen LogP contribution >= 0.6 is 0 Å². The minimum absolute atomic E-state index is 0.531. The molecule has 2 rings (SSSR count). The summed E-state index contributed by atoms with van der Waals surface area (Å²) >= 11 is 0. The lowest BCUT2D eigenvalue weighted by atomic mass is 10.2. The quantitative estimate of drug-likeness (QED) is 0.586. The molecule has 0 heterocycles. The first kappa shape index (κ1) is 13.1. The lowest BCUT2D eigenvalue weighted by Gasteiger charge is -2.08. The standard InChI is InChI=1S/C16H17NO2/c1-18-15-9-5-6-10-16(15)19-12-11-17-13-14-7-3-2-4-8-14/h2-10,13H,11-12H2,1H3. The summed E-state index contributed by atoms with van der Waals surface area (Å²) < 4.78 is 10.8. The Morgan fingerprint density at radius 1 is 0.947 bits per heavy atom. The highest BCUT2D eigenvalue weighted by molar-refractivity contribution is 5.79. The molecule has 0 aromatic heterocycles. The van der Waals surface area contributed by atoms with Gasteiger partial charge < -0.3 is 9.47 Å². The molecule has 0 aliphatic carbocycles. The van der Waals surface area contributed by atoms with E-state index in [9.17, 15) is 0 Å². The average Bonchev–Trinajstić information content (AvgIpc) is 2.48. The minimum atomic E-state index is 0.531. The maximum atomic E-state index is 5.63. The molecule has 0 saturated carbocycles. The Hall–Kier alpha value is -2.29. The van der Waals surface area contributed by atoms with Gasteiger partial charge in [-0.2, -0.15) is 0 Å².